The minimum Gasteiger partial charge on any atom is -0.352 e. The maximum Gasteiger partial charge on any atom is 0.239 e. The summed E-state index contributed by atoms with van der Waals surface area (Å²) in [4.78, 5) is 25.6. The third kappa shape index (κ3) is 7.49. The molecule has 0 unspecified atom stereocenters. The number of likely N-dealkylation sites (N-methyl/N-ethyl adjacent to an activating group) is 1. The van der Waals surface area contributed by atoms with Crippen LogP contribution < -0.4 is 5.32 Å². The second-order valence-electron chi connectivity index (χ2n) is 6.53. The number of hydrogen-bond acceptors (Lipinski definition) is 2. The van der Waals surface area contributed by atoms with E-state index in [9.17, 15) is 9.59 Å². The van der Waals surface area contributed by atoms with Crippen LogP contribution in [0.3, 0.4) is 0 Å². The van der Waals surface area contributed by atoms with Crippen LogP contribution in [-0.2, 0) is 9.59 Å². The molecule has 0 aliphatic heterocycles. The fourth-order valence-corrected chi connectivity index (χ4v) is 3.09. The lowest BCUT2D eigenvalue weighted by molar-refractivity contribution is -0.136. The molecule has 1 N–H and O–H groups in total. The van der Waals surface area contributed by atoms with Crippen LogP contribution in [0, 0.1) is 5.92 Å². The average Bonchev–Trinajstić information content (AvgIpc) is 2.45. The predicted molar refractivity (Wildman–Crippen MR) is 86.0 cm³/mol. The first-order chi connectivity index (χ1) is 10.0. The van der Waals surface area contributed by atoms with Crippen LogP contribution in [0.1, 0.15) is 72.1 Å². The number of nitrogens with one attached hydrogen (secondary N) is 1. The van der Waals surface area contributed by atoms with Crippen molar-refractivity contribution in [1.82, 2.24) is 10.2 Å². The molecule has 1 rings (SSSR count). The maximum atomic E-state index is 12.2. The SMILES string of the molecule is CCN(CC(=O)NC(C)C)C(=O)CCCC1CCCCC1. The van der Waals surface area contributed by atoms with E-state index in [1.165, 1.54) is 38.5 Å². The topological polar surface area (TPSA) is 49.4 Å². The van der Waals surface area contributed by atoms with Gasteiger partial charge in [-0.05, 0) is 39.5 Å². The standard InChI is InChI=1S/C17H32N2O2/c1-4-19(13-16(20)18-14(2)3)17(21)12-8-11-15-9-6-5-7-10-15/h14-15H,4-13H2,1-3H3,(H,18,20). The molecule has 0 aromatic carbocycles. The summed E-state index contributed by atoms with van der Waals surface area (Å²) >= 11 is 0. The van der Waals surface area contributed by atoms with Crippen LogP contribution in [0.15, 0.2) is 0 Å². The van der Waals surface area contributed by atoms with Crippen molar-refractivity contribution in [2.45, 2.75) is 78.2 Å². The fraction of sp³-hybridized carbons (Fsp3) is 0.882. The van der Waals surface area contributed by atoms with Gasteiger partial charge in [-0.3, -0.25) is 9.59 Å². The number of carbonyl (C=O) groups excluding carboxylic acids is 2. The van der Waals surface area contributed by atoms with Crippen molar-refractivity contribution in [1.29, 1.82) is 0 Å². The lowest BCUT2D eigenvalue weighted by Crippen LogP contribution is -2.42. The Hall–Kier alpha value is -1.06. The van der Waals surface area contributed by atoms with Crippen LogP contribution in [0.4, 0.5) is 0 Å². The maximum absolute atomic E-state index is 12.2. The van der Waals surface area contributed by atoms with Gasteiger partial charge in [-0.1, -0.05) is 32.1 Å². The number of carbonyl (C=O) groups is 2. The third-order valence-corrected chi connectivity index (χ3v) is 4.25. The Kier molecular flexibility index (Phi) is 8.40. The minimum absolute atomic E-state index is 0.0625. The Labute approximate surface area is 129 Å². The summed E-state index contributed by atoms with van der Waals surface area (Å²) in [6.45, 7) is 6.59. The Morgan fingerprint density at radius 2 is 1.86 bits per heavy atom. The molecule has 0 saturated heterocycles. The smallest absolute Gasteiger partial charge is 0.239 e. The van der Waals surface area contributed by atoms with Gasteiger partial charge in [0.2, 0.25) is 11.8 Å². The van der Waals surface area contributed by atoms with Gasteiger partial charge in [0.15, 0.2) is 0 Å². The van der Waals surface area contributed by atoms with Crippen LogP contribution in [0.5, 0.6) is 0 Å². The molecule has 0 bridgehead atoms. The van der Waals surface area contributed by atoms with Gasteiger partial charge >= 0.3 is 0 Å². The predicted octanol–water partition coefficient (Wildman–Crippen LogP) is 3.11. The molecular formula is C17H32N2O2. The van der Waals surface area contributed by atoms with Crippen molar-refractivity contribution in [2.75, 3.05) is 13.1 Å². The van der Waals surface area contributed by atoms with E-state index >= 15 is 0 Å². The minimum atomic E-state index is -0.0625. The molecule has 1 saturated carbocycles. The number of rotatable bonds is 8. The van der Waals surface area contributed by atoms with Crippen molar-refractivity contribution < 1.29 is 9.59 Å². The molecule has 21 heavy (non-hydrogen) atoms. The number of amides is 2. The second kappa shape index (κ2) is 9.80. The molecule has 0 aromatic rings. The van der Waals surface area contributed by atoms with Crippen molar-refractivity contribution >= 4 is 11.8 Å². The molecule has 0 aromatic heterocycles. The monoisotopic (exact) mass is 296 g/mol. The molecule has 0 radical (unpaired) electrons. The van der Waals surface area contributed by atoms with Crippen molar-refractivity contribution in [3.63, 3.8) is 0 Å². The molecule has 122 valence electrons. The van der Waals surface area contributed by atoms with E-state index in [0.717, 1.165) is 12.3 Å². The zero-order valence-corrected chi connectivity index (χ0v) is 14.0. The quantitative estimate of drug-likeness (QED) is 0.748. The van der Waals surface area contributed by atoms with Gasteiger partial charge < -0.3 is 10.2 Å². The number of nitrogens with zero attached hydrogens (tertiary/aromatic N) is 1. The zero-order valence-electron chi connectivity index (χ0n) is 14.0. The molecule has 0 heterocycles. The lowest BCUT2D eigenvalue weighted by atomic mass is 9.86. The van der Waals surface area contributed by atoms with Crippen LogP contribution in [0.25, 0.3) is 0 Å². The van der Waals surface area contributed by atoms with Gasteiger partial charge in [-0.25, -0.2) is 0 Å². The van der Waals surface area contributed by atoms with Crippen molar-refractivity contribution in [3.8, 4) is 0 Å². The lowest BCUT2D eigenvalue weighted by Gasteiger charge is -2.23. The average molecular weight is 296 g/mol. The van der Waals surface area contributed by atoms with Crippen molar-refractivity contribution in [2.24, 2.45) is 5.92 Å². The summed E-state index contributed by atoms with van der Waals surface area (Å²) in [5.41, 5.74) is 0. The highest BCUT2D eigenvalue weighted by Crippen LogP contribution is 2.27. The van der Waals surface area contributed by atoms with Gasteiger partial charge in [-0.2, -0.15) is 0 Å². The highest BCUT2D eigenvalue weighted by atomic mass is 16.2. The molecule has 1 aliphatic rings. The van der Waals surface area contributed by atoms with E-state index < -0.39 is 0 Å². The molecule has 0 atom stereocenters. The molecule has 4 heteroatoms. The normalized spacial score (nSPS) is 16.0. The van der Waals surface area contributed by atoms with Crippen molar-refractivity contribution in [3.05, 3.63) is 0 Å². The fourth-order valence-electron chi connectivity index (χ4n) is 3.09. The first-order valence-electron chi connectivity index (χ1n) is 8.60. The summed E-state index contributed by atoms with van der Waals surface area (Å²) in [7, 11) is 0. The molecule has 0 spiro atoms. The Morgan fingerprint density at radius 1 is 1.19 bits per heavy atom. The van der Waals surface area contributed by atoms with E-state index in [2.05, 4.69) is 5.32 Å². The summed E-state index contributed by atoms with van der Waals surface area (Å²) in [5, 5.41) is 2.84. The molecule has 1 fully saturated rings. The van der Waals surface area contributed by atoms with E-state index in [1.54, 1.807) is 4.90 Å². The van der Waals surface area contributed by atoms with E-state index in [1.807, 2.05) is 20.8 Å². The first-order valence-corrected chi connectivity index (χ1v) is 8.60. The summed E-state index contributed by atoms with van der Waals surface area (Å²) in [5.74, 6) is 0.880. The molecule has 1 aliphatic carbocycles. The number of hydrogen-bond donors (Lipinski definition) is 1. The first kappa shape index (κ1) is 18.0. The largest absolute Gasteiger partial charge is 0.352 e. The van der Waals surface area contributed by atoms with E-state index in [-0.39, 0.29) is 24.4 Å². The van der Waals surface area contributed by atoms with Gasteiger partial charge in [0, 0.05) is 19.0 Å². The van der Waals surface area contributed by atoms with Gasteiger partial charge in [-0.15, -0.1) is 0 Å². The molecule has 2 amide bonds. The van der Waals surface area contributed by atoms with Gasteiger partial charge in [0.25, 0.3) is 0 Å². The summed E-state index contributed by atoms with van der Waals surface area (Å²) in [6, 6.07) is 0.123. The Balaban J connectivity index is 2.25. The highest BCUT2D eigenvalue weighted by molar-refractivity contribution is 5.84. The molecule has 4 nitrogen and oxygen atoms in total. The third-order valence-electron chi connectivity index (χ3n) is 4.25. The van der Waals surface area contributed by atoms with E-state index in [0.29, 0.717) is 13.0 Å². The molecular weight excluding hydrogens is 264 g/mol. The second-order valence-corrected chi connectivity index (χ2v) is 6.53. The summed E-state index contributed by atoms with van der Waals surface area (Å²) < 4.78 is 0. The Bertz CT molecular complexity index is 323. The zero-order chi connectivity index (χ0) is 15.7. The van der Waals surface area contributed by atoms with Gasteiger partial charge in [0.05, 0.1) is 6.54 Å². The van der Waals surface area contributed by atoms with Crippen LogP contribution >= 0.6 is 0 Å². The van der Waals surface area contributed by atoms with Gasteiger partial charge in [0.1, 0.15) is 0 Å². The van der Waals surface area contributed by atoms with E-state index in [4.69, 9.17) is 0 Å². The summed E-state index contributed by atoms with van der Waals surface area (Å²) in [6.07, 6.45) is 9.48. The van der Waals surface area contributed by atoms with Crippen LogP contribution in [-0.4, -0.2) is 35.8 Å². The highest BCUT2D eigenvalue weighted by Gasteiger charge is 2.17. The van der Waals surface area contributed by atoms with Crippen LogP contribution in [0.2, 0.25) is 0 Å². The Morgan fingerprint density at radius 3 is 2.43 bits per heavy atom.